The highest BCUT2D eigenvalue weighted by atomic mass is 13.9. The van der Waals surface area contributed by atoms with Gasteiger partial charge in [-0.15, -0.1) is 0 Å². The van der Waals surface area contributed by atoms with Crippen LogP contribution in [-0.4, -0.2) is 0 Å². The standard InChI is InChI=1S/3C8H10/c1-7-3-5-8(2)6-4-7;1-7-5-3-4-6-8(7)2;1-2-8-6-4-3-5-7-8/h2*3-6H,1-2H3;3-7H,2H2,1H3. The molecule has 0 aromatic heterocycles. The van der Waals surface area contributed by atoms with E-state index in [1.54, 1.807) is 0 Å². The summed E-state index contributed by atoms with van der Waals surface area (Å²) < 4.78 is 0. The first-order valence-electron chi connectivity index (χ1n) is 8.62. The molecule has 3 rings (SSSR count). The summed E-state index contributed by atoms with van der Waals surface area (Å²) in [5, 5.41) is 0. The Kier molecular flexibility index (Phi) is 9.23. The molecule has 0 atom stereocenters. The number of benzene rings is 3. The second kappa shape index (κ2) is 11.2. The molecule has 24 heavy (non-hydrogen) atoms. The van der Waals surface area contributed by atoms with Gasteiger partial charge in [0.05, 0.1) is 0 Å². The maximum atomic E-state index is 2.16. The molecule has 126 valence electrons. The van der Waals surface area contributed by atoms with E-state index >= 15 is 0 Å². The third kappa shape index (κ3) is 8.33. The molecule has 0 N–H and O–H groups in total. The summed E-state index contributed by atoms with van der Waals surface area (Å²) in [6, 6.07) is 27.3. The minimum atomic E-state index is 1.14. The highest BCUT2D eigenvalue weighted by Crippen LogP contribution is 2.02. The molecule has 0 aliphatic carbocycles. The van der Waals surface area contributed by atoms with Crippen molar-refractivity contribution in [2.24, 2.45) is 0 Å². The minimum absolute atomic E-state index is 1.14. The summed E-state index contributed by atoms with van der Waals surface area (Å²) in [4.78, 5) is 0. The Morgan fingerprint density at radius 1 is 0.500 bits per heavy atom. The van der Waals surface area contributed by atoms with Crippen LogP contribution in [-0.2, 0) is 6.42 Å². The van der Waals surface area contributed by atoms with Crippen LogP contribution in [0.5, 0.6) is 0 Å². The topological polar surface area (TPSA) is 0 Å². The zero-order valence-corrected chi connectivity index (χ0v) is 15.7. The minimum Gasteiger partial charge on any atom is -0.0622 e. The van der Waals surface area contributed by atoms with E-state index in [0.29, 0.717) is 0 Å². The Morgan fingerprint density at radius 2 is 0.875 bits per heavy atom. The average molecular weight is 319 g/mol. The van der Waals surface area contributed by atoms with E-state index < -0.39 is 0 Å². The van der Waals surface area contributed by atoms with Crippen molar-refractivity contribution in [2.45, 2.75) is 41.0 Å². The molecule has 0 heterocycles. The van der Waals surface area contributed by atoms with Crippen molar-refractivity contribution in [3.63, 3.8) is 0 Å². The highest BCUT2D eigenvalue weighted by Gasteiger charge is 1.84. The van der Waals surface area contributed by atoms with Gasteiger partial charge in [-0.25, -0.2) is 0 Å². The van der Waals surface area contributed by atoms with Crippen LogP contribution in [0.3, 0.4) is 0 Å². The van der Waals surface area contributed by atoms with Gasteiger partial charge in [0.2, 0.25) is 0 Å². The lowest BCUT2D eigenvalue weighted by atomic mass is 10.1. The van der Waals surface area contributed by atoms with Gasteiger partial charge in [-0.3, -0.25) is 0 Å². The summed E-state index contributed by atoms with van der Waals surface area (Å²) in [6.07, 6.45) is 1.14. The number of aryl methyl sites for hydroxylation is 5. The quantitative estimate of drug-likeness (QED) is 0.460. The summed E-state index contributed by atoms with van der Waals surface area (Å²) in [5.41, 5.74) is 6.80. The van der Waals surface area contributed by atoms with Gasteiger partial charge >= 0.3 is 0 Å². The van der Waals surface area contributed by atoms with Crippen LogP contribution < -0.4 is 0 Å². The number of hydrogen-bond donors (Lipinski definition) is 0. The normalized spacial score (nSPS) is 9.21. The lowest BCUT2D eigenvalue weighted by Crippen LogP contribution is -1.74. The lowest BCUT2D eigenvalue weighted by Gasteiger charge is -1.93. The maximum Gasteiger partial charge on any atom is -0.0307 e. The molecule has 0 nitrogen and oxygen atoms in total. The second-order valence-corrected chi connectivity index (χ2v) is 6.08. The van der Waals surface area contributed by atoms with Crippen molar-refractivity contribution in [3.05, 3.63) is 107 Å². The molecule has 0 aliphatic rings. The molecule has 0 bridgehead atoms. The first-order chi connectivity index (χ1) is 11.5. The van der Waals surface area contributed by atoms with E-state index in [1.807, 2.05) is 6.07 Å². The number of hydrogen-bond acceptors (Lipinski definition) is 0. The van der Waals surface area contributed by atoms with Crippen molar-refractivity contribution in [2.75, 3.05) is 0 Å². The first kappa shape index (κ1) is 19.7. The van der Waals surface area contributed by atoms with Crippen molar-refractivity contribution in [1.29, 1.82) is 0 Å². The van der Waals surface area contributed by atoms with Gasteiger partial charge in [0.15, 0.2) is 0 Å². The van der Waals surface area contributed by atoms with Gasteiger partial charge in [0, 0.05) is 0 Å². The van der Waals surface area contributed by atoms with Crippen LogP contribution in [0.1, 0.15) is 34.7 Å². The molecule has 0 amide bonds. The second-order valence-electron chi connectivity index (χ2n) is 6.08. The van der Waals surface area contributed by atoms with Crippen LogP contribution in [0.25, 0.3) is 0 Å². The maximum absolute atomic E-state index is 2.16. The van der Waals surface area contributed by atoms with E-state index in [-0.39, 0.29) is 0 Å². The molecule has 0 saturated carbocycles. The lowest BCUT2D eigenvalue weighted by molar-refractivity contribution is 1.14. The summed E-state index contributed by atoms with van der Waals surface area (Å²) in [6.45, 7) is 10.6. The Balaban J connectivity index is 0.000000180. The van der Waals surface area contributed by atoms with Gasteiger partial charge in [0.25, 0.3) is 0 Å². The zero-order chi connectivity index (χ0) is 17.8. The monoisotopic (exact) mass is 318 g/mol. The van der Waals surface area contributed by atoms with E-state index in [2.05, 4.69) is 107 Å². The molecular formula is C24H30. The van der Waals surface area contributed by atoms with Crippen LogP contribution in [0.15, 0.2) is 78.9 Å². The van der Waals surface area contributed by atoms with Crippen molar-refractivity contribution in [3.8, 4) is 0 Å². The fourth-order valence-corrected chi connectivity index (χ4v) is 2.01. The van der Waals surface area contributed by atoms with Gasteiger partial charge in [-0.05, 0) is 50.8 Å². The molecule has 0 saturated heterocycles. The average Bonchev–Trinajstić information content (AvgIpc) is 2.62. The van der Waals surface area contributed by atoms with Gasteiger partial charge < -0.3 is 0 Å². The summed E-state index contributed by atoms with van der Waals surface area (Å²) in [5.74, 6) is 0. The fraction of sp³-hybridized carbons (Fsp3) is 0.250. The predicted molar refractivity (Wildman–Crippen MR) is 108 cm³/mol. The van der Waals surface area contributed by atoms with E-state index in [1.165, 1.54) is 27.8 Å². The largest absolute Gasteiger partial charge is 0.0622 e. The molecule has 0 aliphatic heterocycles. The molecule has 0 heteroatoms. The third-order valence-electron chi connectivity index (χ3n) is 3.89. The van der Waals surface area contributed by atoms with Gasteiger partial charge in [-0.2, -0.15) is 0 Å². The molecule has 0 spiro atoms. The highest BCUT2D eigenvalue weighted by molar-refractivity contribution is 5.23. The Morgan fingerprint density at radius 3 is 1.17 bits per heavy atom. The van der Waals surface area contributed by atoms with Gasteiger partial charge in [-0.1, -0.05) is 96.9 Å². The third-order valence-corrected chi connectivity index (χ3v) is 3.89. The van der Waals surface area contributed by atoms with Crippen LogP contribution in [0, 0.1) is 27.7 Å². The molecule has 3 aromatic carbocycles. The van der Waals surface area contributed by atoms with Crippen molar-refractivity contribution < 1.29 is 0 Å². The van der Waals surface area contributed by atoms with Crippen molar-refractivity contribution >= 4 is 0 Å². The SMILES string of the molecule is CCc1ccccc1.Cc1ccc(C)cc1.Cc1ccccc1C. The van der Waals surface area contributed by atoms with E-state index in [0.717, 1.165) is 6.42 Å². The van der Waals surface area contributed by atoms with Crippen molar-refractivity contribution in [1.82, 2.24) is 0 Å². The molecule has 0 unspecified atom stereocenters. The molecule has 0 fully saturated rings. The first-order valence-corrected chi connectivity index (χ1v) is 8.62. The Bertz CT molecular complexity index is 637. The summed E-state index contributed by atoms with van der Waals surface area (Å²) >= 11 is 0. The molecular weight excluding hydrogens is 288 g/mol. The molecule has 3 aromatic rings. The predicted octanol–water partition coefficient (Wildman–Crippen LogP) is 6.86. The Hall–Kier alpha value is -2.34. The molecule has 0 radical (unpaired) electrons. The van der Waals surface area contributed by atoms with E-state index in [4.69, 9.17) is 0 Å². The van der Waals surface area contributed by atoms with Crippen LogP contribution in [0.2, 0.25) is 0 Å². The smallest absolute Gasteiger partial charge is 0.0307 e. The zero-order valence-electron chi connectivity index (χ0n) is 15.7. The number of rotatable bonds is 1. The van der Waals surface area contributed by atoms with Gasteiger partial charge in [0.1, 0.15) is 0 Å². The Labute approximate surface area is 148 Å². The van der Waals surface area contributed by atoms with E-state index in [9.17, 15) is 0 Å². The van der Waals surface area contributed by atoms with Crippen LogP contribution >= 0.6 is 0 Å². The summed E-state index contributed by atoms with van der Waals surface area (Å²) in [7, 11) is 0. The van der Waals surface area contributed by atoms with Crippen LogP contribution in [0.4, 0.5) is 0 Å². The fourth-order valence-electron chi connectivity index (χ4n) is 2.01.